The minimum Gasteiger partial charge on any atom is -0.454 e. The van der Waals surface area contributed by atoms with Crippen molar-refractivity contribution < 1.29 is 27.5 Å². The first-order chi connectivity index (χ1) is 22.5. The van der Waals surface area contributed by atoms with Crippen molar-refractivity contribution in [3.8, 4) is 6.01 Å². The molecular weight excluding hydrogens is 637 g/mol. The lowest BCUT2D eigenvalue weighted by atomic mass is 10.0. The molecule has 3 aliphatic carbocycles. The van der Waals surface area contributed by atoms with Gasteiger partial charge in [0.05, 0.1) is 5.54 Å². The fourth-order valence-electron chi connectivity index (χ4n) is 5.68. The van der Waals surface area contributed by atoms with Gasteiger partial charge in [0.1, 0.15) is 0 Å². The van der Waals surface area contributed by atoms with Crippen LogP contribution in [0.15, 0.2) is 48.5 Å². The first-order valence-electron chi connectivity index (χ1n) is 15.7. The number of halogens is 4. The molecule has 2 atom stereocenters. The Bertz CT molecular complexity index is 1570. The quantitative estimate of drug-likeness (QED) is 0.148. The molecule has 3 saturated carbocycles. The first-order valence-corrected chi connectivity index (χ1v) is 16.1. The average molecular weight is 673 g/mol. The Kier molecular flexibility index (Phi) is 9.57. The summed E-state index contributed by atoms with van der Waals surface area (Å²) in [4.78, 5) is 36.8. The molecule has 6 rings (SSSR count). The van der Waals surface area contributed by atoms with E-state index in [0.717, 1.165) is 56.2 Å². The van der Waals surface area contributed by atoms with Gasteiger partial charge in [0.25, 0.3) is 0 Å². The van der Waals surface area contributed by atoms with E-state index in [0.29, 0.717) is 29.7 Å². The summed E-state index contributed by atoms with van der Waals surface area (Å²) >= 11 is 6.04. The van der Waals surface area contributed by atoms with Crippen LogP contribution in [0, 0.1) is 11.8 Å². The summed E-state index contributed by atoms with van der Waals surface area (Å²) in [6.45, 7) is -0.590. The number of amides is 2. The summed E-state index contributed by atoms with van der Waals surface area (Å²) in [7, 11) is 0. The highest BCUT2D eigenvalue weighted by Crippen LogP contribution is 2.48. The lowest BCUT2D eigenvalue weighted by Crippen LogP contribution is -2.43. The second-order valence-electron chi connectivity index (χ2n) is 12.4. The molecule has 3 aromatic rings. The van der Waals surface area contributed by atoms with Gasteiger partial charge in [-0.3, -0.25) is 9.59 Å². The summed E-state index contributed by atoms with van der Waals surface area (Å²) in [6.07, 6.45) is 2.03. The van der Waals surface area contributed by atoms with E-state index in [1.54, 1.807) is 24.3 Å². The number of hydrogen-bond acceptors (Lipinski definition) is 9. The average Bonchev–Trinajstić information content (AvgIpc) is 3.97. The number of anilines is 4. The maximum atomic E-state index is 12.9. The molecule has 0 aliphatic heterocycles. The van der Waals surface area contributed by atoms with Gasteiger partial charge in [-0.15, -0.1) is 0 Å². The van der Waals surface area contributed by atoms with Crippen molar-refractivity contribution in [1.82, 2.24) is 25.6 Å². The molecular formula is C32H36ClF3N8O3. The normalized spacial score (nSPS) is 19.8. The van der Waals surface area contributed by atoms with Gasteiger partial charge >= 0.3 is 24.0 Å². The summed E-state index contributed by atoms with van der Waals surface area (Å²) < 4.78 is 43.6. The van der Waals surface area contributed by atoms with Crippen LogP contribution in [0.2, 0.25) is 5.02 Å². The van der Waals surface area contributed by atoms with Crippen molar-refractivity contribution in [3.05, 3.63) is 59.1 Å². The van der Waals surface area contributed by atoms with Crippen LogP contribution in [0.3, 0.4) is 0 Å². The van der Waals surface area contributed by atoms with E-state index in [9.17, 15) is 22.8 Å². The van der Waals surface area contributed by atoms with Crippen molar-refractivity contribution in [2.45, 2.75) is 62.7 Å². The summed E-state index contributed by atoms with van der Waals surface area (Å²) in [5.41, 5.74) is 1.94. The third-order valence-electron chi connectivity index (χ3n) is 8.61. The smallest absolute Gasteiger partial charge is 0.422 e. The lowest BCUT2D eigenvalue weighted by molar-refractivity contribution is -0.154. The highest BCUT2D eigenvalue weighted by molar-refractivity contribution is 6.35. The van der Waals surface area contributed by atoms with Gasteiger partial charge < -0.3 is 31.3 Å². The van der Waals surface area contributed by atoms with Crippen molar-refractivity contribution in [2.75, 3.05) is 35.6 Å². The molecule has 0 bridgehead atoms. The van der Waals surface area contributed by atoms with Crippen molar-refractivity contribution >= 4 is 46.7 Å². The molecule has 3 fully saturated rings. The standard InChI is InChI=1S/C32H36ClF3N8O3/c33-22-8-6-21(7-9-22)31(14-15-31)44-29-41-28(42-30(43-29)47-18-32(34,35)36)40-24-12-10-23(11-13-24)39-25-3-1-2-20(25)17-38-27(46)26(45)37-16-19-4-5-19/h6-13,19-20,25,39H,1-5,14-18H2,(H,37,45)(H,38,46)(H2,40,41,42,43,44). The van der Waals surface area contributed by atoms with Gasteiger partial charge in [0.15, 0.2) is 6.61 Å². The Labute approximate surface area is 274 Å². The van der Waals surface area contributed by atoms with Crippen molar-refractivity contribution in [3.63, 3.8) is 0 Å². The van der Waals surface area contributed by atoms with Gasteiger partial charge in [-0.1, -0.05) is 30.2 Å². The van der Waals surface area contributed by atoms with E-state index in [1.807, 2.05) is 24.3 Å². The van der Waals surface area contributed by atoms with Crippen LogP contribution >= 0.6 is 11.6 Å². The van der Waals surface area contributed by atoms with E-state index in [1.165, 1.54) is 0 Å². The Balaban J connectivity index is 1.08. The number of rotatable bonds is 13. The van der Waals surface area contributed by atoms with E-state index < -0.39 is 36.1 Å². The van der Waals surface area contributed by atoms with Crippen LogP contribution < -0.4 is 31.3 Å². The summed E-state index contributed by atoms with van der Waals surface area (Å²) in [6, 6.07) is 14.3. The number of alkyl halides is 3. The van der Waals surface area contributed by atoms with Gasteiger partial charge in [-0.05, 0) is 92.3 Å². The van der Waals surface area contributed by atoms with Crippen LogP contribution in [0.25, 0.3) is 0 Å². The van der Waals surface area contributed by atoms with Crippen molar-refractivity contribution in [2.24, 2.45) is 11.8 Å². The highest BCUT2D eigenvalue weighted by atomic mass is 35.5. The first kappa shape index (κ1) is 32.6. The third-order valence-corrected chi connectivity index (χ3v) is 8.86. The second-order valence-corrected chi connectivity index (χ2v) is 12.8. The predicted molar refractivity (Wildman–Crippen MR) is 171 cm³/mol. The largest absolute Gasteiger partial charge is 0.454 e. The van der Waals surface area contributed by atoms with E-state index in [4.69, 9.17) is 16.3 Å². The zero-order chi connectivity index (χ0) is 33.0. The fraction of sp³-hybridized carbons (Fsp3) is 0.469. The zero-order valence-corrected chi connectivity index (χ0v) is 26.3. The monoisotopic (exact) mass is 672 g/mol. The predicted octanol–water partition coefficient (Wildman–Crippen LogP) is 5.53. The number of nitrogens with one attached hydrogen (secondary N) is 5. The number of aromatic nitrogens is 3. The SMILES string of the molecule is O=C(NCC1CC1)C(=O)NCC1CCCC1Nc1ccc(Nc2nc(NC3(c4ccc(Cl)cc4)CC3)nc(OCC(F)(F)F)n2)cc1. The minimum absolute atomic E-state index is 0.0139. The third kappa shape index (κ3) is 9.15. The Morgan fingerprint density at radius 1 is 0.851 bits per heavy atom. The molecule has 5 N–H and O–H groups in total. The number of nitrogens with zero attached hydrogens (tertiary/aromatic N) is 3. The van der Waals surface area contributed by atoms with E-state index in [2.05, 4.69) is 41.5 Å². The molecule has 2 amide bonds. The molecule has 15 heteroatoms. The fourth-order valence-corrected chi connectivity index (χ4v) is 5.81. The molecule has 0 saturated heterocycles. The Morgan fingerprint density at radius 2 is 1.51 bits per heavy atom. The molecule has 2 aromatic carbocycles. The Hall–Kier alpha value is -4.33. The number of carbonyl (C=O) groups excluding carboxylic acids is 2. The van der Waals surface area contributed by atoms with Crippen LogP contribution in [0.1, 0.15) is 50.5 Å². The molecule has 11 nitrogen and oxygen atoms in total. The van der Waals surface area contributed by atoms with Crippen LogP contribution in [-0.4, -0.2) is 58.7 Å². The minimum atomic E-state index is -4.56. The van der Waals surface area contributed by atoms with Gasteiger partial charge in [-0.25, -0.2) is 0 Å². The maximum absolute atomic E-state index is 12.9. The van der Waals surface area contributed by atoms with Gasteiger partial charge in [0, 0.05) is 35.5 Å². The van der Waals surface area contributed by atoms with Crippen LogP contribution in [-0.2, 0) is 15.1 Å². The zero-order valence-electron chi connectivity index (χ0n) is 25.5. The van der Waals surface area contributed by atoms with Crippen LogP contribution in [0.4, 0.5) is 36.4 Å². The van der Waals surface area contributed by atoms with E-state index >= 15 is 0 Å². The summed E-state index contributed by atoms with van der Waals surface area (Å²) in [5, 5.41) is 15.9. The molecule has 1 aromatic heterocycles. The van der Waals surface area contributed by atoms with Crippen LogP contribution in [0.5, 0.6) is 6.01 Å². The van der Waals surface area contributed by atoms with Gasteiger partial charge in [0.2, 0.25) is 11.9 Å². The summed E-state index contributed by atoms with van der Waals surface area (Å²) in [5.74, 6) is -0.435. The second kappa shape index (κ2) is 13.8. The number of hydrogen-bond donors (Lipinski definition) is 5. The molecule has 1 heterocycles. The molecule has 250 valence electrons. The van der Waals surface area contributed by atoms with E-state index in [-0.39, 0.29) is 23.9 Å². The number of ether oxygens (including phenoxy) is 1. The highest BCUT2D eigenvalue weighted by Gasteiger charge is 2.45. The molecule has 47 heavy (non-hydrogen) atoms. The molecule has 0 spiro atoms. The number of benzene rings is 2. The molecule has 3 aliphatic rings. The molecule has 0 radical (unpaired) electrons. The Morgan fingerprint density at radius 3 is 2.17 bits per heavy atom. The van der Waals surface area contributed by atoms with Gasteiger partial charge in [-0.2, -0.15) is 28.1 Å². The topological polar surface area (TPSA) is 142 Å². The lowest BCUT2D eigenvalue weighted by Gasteiger charge is -2.22. The molecule has 2 unspecified atom stereocenters. The maximum Gasteiger partial charge on any atom is 0.422 e. The van der Waals surface area contributed by atoms with Crippen molar-refractivity contribution in [1.29, 1.82) is 0 Å². The number of carbonyl (C=O) groups is 2.